The molecule has 0 aliphatic heterocycles. The third-order valence-electron chi connectivity index (χ3n) is 1.96. The minimum Gasteiger partial charge on any atom is -0.495 e. The van der Waals surface area contributed by atoms with Gasteiger partial charge in [-0.15, -0.1) is 0 Å². The standard InChI is InChI=1S/C10H8F3NO2/c1-16-9-7(4-14)2-6(5-15)3-8(9)10(11,12)13/h2-3,15H,5H2,1H3. The van der Waals surface area contributed by atoms with E-state index in [1.807, 2.05) is 0 Å². The van der Waals surface area contributed by atoms with Gasteiger partial charge in [0.1, 0.15) is 11.8 Å². The first-order valence-electron chi connectivity index (χ1n) is 4.23. The van der Waals surface area contributed by atoms with Crippen molar-refractivity contribution in [1.82, 2.24) is 0 Å². The first-order valence-corrected chi connectivity index (χ1v) is 4.23. The van der Waals surface area contributed by atoms with Gasteiger partial charge in [-0.05, 0) is 17.7 Å². The van der Waals surface area contributed by atoms with Gasteiger partial charge in [0.15, 0.2) is 0 Å². The Balaban J connectivity index is 3.51. The summed E-state index contributed by atoms with van der Waals surface area (Å²) in [7, 11) is 1.06. The van der Waals surface area contributed by atoms with Crippen LogP contribution in [0.2, 0.25) is 0 Å². The van der Waals surface area contributed by atoms with Gasteiger partial charge in [-0.25, -0.2) is 0 Å². The highest BCUT2D eigenvalue weighted by Crippen LogP contribution is 2.38. The second-order valence-electron chi connectivity index (χ2n) is 2.99. The maximum Gasteiger partial charge on any atom is 0.420 e. The van der Waals surface area contributed by atoms with Crippen molar-refractivity contribution in [3.05, 3.63) is 28.8 Å². The topological polar surface area (TPSA) is 53.2 Å². The van der Waals surface area contributed by atoms with Crippen LogP contribution in [-0.2, 0) is 12.8 Å². The lowest BCUT2D eigenvalue weighted by atomic mass is 10.0. The summed E-state index contributed by atoms with van der Waals surface area (Å²) in [6.07, 6.45) is -4.62. The largest absolute Gasteiger partial charge is 0.495 e. The van der Waals surface area contributed by atoms with E-state index in [-0.39, 0.29) is 11.1 Å². The third-order valence-corrected chi connectivity index (χ3v) is 1.96. The Kier molecular flexibility index (Phi) is 3.40. The molecule has 0 heterocycles. The van der Waals surface area contributed by atoms with Crippen LogP contribution >= 0.6 is 0 Å². The number of nitrogens with zero attached hydrogens (tertiary/aromatic N) is 1. The Morgan fingerprint density at radius 3 is 2.44 bits per heavy atom. The summed E-state index contributed by atoms with van der Waals surface area (Å²) in [5.41, 5.74) is -1.29. The molecular weight excluding hydrogens is 223 g/mol. The van der Waals surface area contributed by atoms with Crippen LogP contribution in [-0.4, -0.2) is 12.2 Å². The molecule has 16 heavy (non-hydrogen) atoms. The summed E-state index contributed by atoms with van der Waals surface area (Å²) in [6, 6.07) is 3.52. The SMILES string of the molecule is COc1c(C#N)cc(CO)cc1C(F)(F)F. The molecule has 3 nitrogen and oxygen atoms in total. The van der Waals surface area contributed by atoms with Crippen molar-refractivity contribution in [1.29, 1.82) is 5.26 Å². The van der Waals surface area contributed by atoms with E-state index in [9.17, 15) is 13.2 Å². The monoisotopic (exact) mass is 231 g/mol. The molecule has 86 valence electrons. The summed E-state index contributed by atoms with van der Waals surface area (Å²) < 4.78 is 42.4. The van der Waals surface area contributed by atoms with Gasteiger partial charge < -0.3 is 9.84 Å². The van der Waals surface area contributed by atoms with Gasteiger partial charge >= 0.3 is 6.18 Å². The van der Waals surface area contributed by atoms with Crippen molar-refractivity contribution in [3.8, 4) is 11.8 Å². The third kappa shape index (κ3) is 2.25. The van der Waals surface area contributed by atoms with Gasteiger partial charge in [-0.2, -0.15) is 18.4 Å². The lowest BCUT2D eigenvalue weighted by molar-refractivity contribution is -0.138. The molecule has 0 spiro atoms. The predicted octanol–water partition coefficient (Wildman–Crippen LogP) is 2.08. The Morgan fingerprint density at radius 2 is 2.06 bits per heavy atom. The molecule has 0 atom stereocenters. The number of methoxy groups -OCH3 is 1. The van der Waals surface area contributed by atoms with E-state index in [1.165, 1.54) is 0 Å². The number of hydrogen-bond acceptors (Lipinski definition) is 3. The molecule has 0 fully saturated rings. The minimum atomic E-state index is -4.62. The highest BCUT2D eigenvalue weighted by atomic mass is 19.4. The van der Waals surface area contributed by atoms with Crippen molar-refractivity contribution in [2.45, 2.75) is 12.8 Å². The van der Waals surface area contributed by atoms with E-state index in [0.717, 1.165) is 19.2 Å². The number of aliphatic hydroxyl groups is 1. The zero-order chi connectivity index (χ0) is 12.3. The van der Waals surface area contributed by atoms with Crippen molar-refractivity contribution in [2.24, 2.45) is 0 Å². The summed E-state index contributed by atoms with van der Waals surface area (Å²) in [5.74, 6) is -0.521. The zero-order valence-corrected chi connectivity index (χ0v) is 8.30. The normalized spacial score (nSPS) is 11.0. The molecule has 0 unspecified atom stereocenters. The molecule has 0 bridgehead atoms. The summed E-state index contributed by atoms with van der Waals surface area (Å²) in [4.78, 5) is 0. The van der Waals surface area contributed by atoms with E-state index in [0.29, 0.717) is 0 Å². The second kappa shape index (κ2) is 4.41. The van der Waals surface area contributed by atoms with Gasteiger partial charge in [-0.1, -0.05) is 0 Å². The van der Waals surface area contributed by atoms with Gasteiger partial charge in [0.05, 0.1) is 24.8 Å². The maximum absolute atomic E-state index is 12.6. The van der Waals surface area contributed by atoms with E-state index in [2.05, 4.69) is 4.74 Å². The number of halogens is 3. The highest BCUT2D eigenvalue weighted by Gasteiger charge is 2.35. The number of benzene rings is 1. The molecule has 0 saturated heterocycles. The molecule has 6 heteroatoms. The summed E-state index contributed by atoms with van der Waals surface area (Å²) in [6.45, 7) is -0.568. The second-order valence-corrected chi connectivity index (χ2v) is 2.99. The molecule has 1 aromatic rings. The van der Waals surface area contributed by atoms with Crippen LogP contribution in [0, 0.1) is 11.3 Å². The van der Waals surface area contributed by atoms with Crippen LogP contribution in [0.1, 0.15) is 16.7 Å². The first kappa shape index (κ1) is 12.3. The fraction of sp³-hybridized carbons (Fsp3) is 0.300. The number of rotatable bonds is 2. The average Bonchev–Trinajstić information content (AvgIpc) is 2.25. The molecule has 0 amide bonds. The molecule has 0 aromatic heterocycles. The van der Waals surface area contributed by atoms with Gasteiger partial charge in [-0.3, -0.25) is 0 Å². The van der Waals surface area contributed by atoms with Crippen molar-refractivity contribution >= 4 is 0 Å². The molecular formula is C10H8F3NO2. The Morgan fingerprint density at radius 1 is 1.44 bits per heavy atom. The average molecular weight is 231 g/mol. The van der Waals surface area contributed by atoms with E-state index < -0.39 is 24.1 Å². The lowest BCUT2D eigenvalue weighted by Crippen LogP contribution is -2.09. The molecule has 1 aromatic carbocycles. The van der Waals surface area contributed by atoms with Crippen molar-refractivity contribution < 1.29 is 23.0 Å². The van der Waals surface area contributed by atoms with Gasteiger partial charge in [0.2, 0.25) is 0 Å². The van der Waals surface area contributed by atoms with Crippen LogP contribution < -0.4 is 4.74 Å². The van der Waals surface area contributed by atoms with E-state index in [1.54, 1.807) is 6.07 Å². The van der Waals surface area contributed by atoms with E-state index in [4.69, 9.17) is 10.4 Å². The van der Waals surface area contributed by atoms with E-state index >= 15 is 0 Å². The predicted molar refractivity (Wildman–Crippen MR) is 48.6 cm³/mol. The molecule has 0 saturated carbocycles. The summed E-state index contributed by atoms with van der Waals surface area (Å²) >= 11 is 0. The lowest BCUT2D eigenvalue weighted by Gasteiger charge is -2.14. The number of aliphatic hydroxyl groups excluding tert-OH is 1. The number of hydrogen-bond donors (Lipinski definition) is 1. The number of alkyl halides is 3. The smallest absolute Gasteiger partial charge is 0.420 e. The first-order chi connectivity index (χ1) is 7.43. The van der Waals surface area contributed by atoms with Crippen LogP contribution in [0.25, 0.3) is 0 Å². The highest BCUT2D eigenvalue weighted by molar-refractivity contribution is 5.52. The van der Waals surface area contributed by atoms with Crippen LogP contribution in [0.3, 0.4) is 0 Å². The molecule has 0 aliphatic rings. The van der Waals surface area contributed by atoms with Crippen LogP contribution in [0.15, 0.2) is 12.1 Å². The fourth-order valence-corrected chi connectivity index (χ4v) is 1.29. The van der Waals surface area contributed by atoms with Crippen molar-refractivity contribution in [3.63, 3.8) is 0 Å². The van der Waals surface area contributed by atoms with Gasteiger partial charge in [0.25, 0.3) is 0 Å². The number of ether oxygens (including phenoxy) is 1. The van der Waals surface area contributed by atoms with Gasteiger partial charge in [0, 0.05) is 0 Å². The maximum atomic E-state index is 12.6. The quantitative estimate of drug-likeness (QED) is 0.847. The molecule has 0 radical (unpaired) electrons. The molecule has 0 aliphatic carbocycles. The zero-order valence-electron chi connectivity index (χ0n) is 8.30. The summed E-state index contributed by atoms with van der Waals surface area (Å²) in [5, 5.41) is 17.5. The fourth-order valence-electron chi connectivity index (χ4n) is 1.29. The van der Waals surface area contributed by atoms with Crippen LogP contribution in [0.4, 0.5) is 13.2 Å². The Bertz CT molecular complexity index is 435. The Labute approximate surface area is 89.7 Å². The number of nitriles is 1. The molecule has 1 N–H and O–H groups in total. The molecule has 1 rings (SSSR count). The Hall–Kier alpha value is -1.74. The van der Waals surface area contributed by atoms with Crippen molar-refractivity contribution in [2.75, 3.05) is 7.11 Å². The van der Waals surface area contributed by atoms with Crippen LogP contribution in [0.5, 0.6) is 5.75 Å². The minimum absolute atomic E-state index is 0.0182.